The molecule has 1 aromatic carbocycles. The molecule has 1 aliphatic heterocycles. The van der Waals surface area contributed by atoms with Crippen LogP contribution in [-0.2, 0) is 13.0 Å². The molecule has 1 amide bonds. The number of ether oxygens (including phenoxy) is 1. The molecule has 3 aromatic heterocycles. The van der Waals surface area contributed by atoms with Crippen molar-refractivity contribution in [3.63, 3.8) is 0 Å². The molecule has 35 heavy (non-hydrogen) atoms. The van der Waals surface area contributed by atoms with Gasteiger partial charge in [0.15, 0.2) is 5.82 Å². The first-order valence-corrected chi connectivity index (χ1v) is 12.4. The van der Waals surface area contributed by atoms with Gasteiger partial charge in [0.2, 0.25) is 5.88 Å². The monoisotopic (exact) mass is 469 g/mol. The topological polar surface area (TPSA) is 98.9 Å². The molecule has 4 heterocycles. The fourth-order valence-electron chi connectivity index (χ4n) is 4.93. The molecule has 0 bridgehead atoms. The summed E-state index contributed by atoms with van der Waals surface area (Å²) >= 11 is 0. The molecular formula is C26H27N7O2. The van der Waals surface area contributed by atoms with E-state index in [1.807, 2.05) is 30.3 Å². The number of hydrogen-bond acceptors (Lipinski definition) is 6. The summed E-state index contributed by atoms with van der Waals surface area (Å²) in [5.41, 5.74) is 4.10. The largest absolute Gasteiger partial charge is 0.439 e. The molecule has 7 rings (SSSR count). The Morgan fingerprint density at radius 3 is 2.86 bits per heavy atom. The van der Waals surface area contributed by atoms with Crippen LogP contribution in [0.1, 0.15) is 61.5 Å². The molecule has 3 aliphatic rings. The number of anilines is 1. The van der Waals surface area contributed by atoms with Crippen molar-refractivity contribution in [3.05, 3.63) is 59.8 Å². The normalized spacial score (nSPS) is 19.5. The molecule has 178 valence electrons. The number of rotatable bonds is 5. The predicted octanol–water partition coefficient (Wildman–Crippen LogP) is 4.75. The first-order valence-electron chi connectivity index (χ1n) is 12.4. The SMILES string of the molecule is C[C@H]1Cc2c(ncnc2Oc2ccc3c(ccn3C(=O)Nc3cc(C4CC4)n(C4CC4)n3)c2)CN1. The van der Waals surface area contributed by atoms with Crippen molar-refractivity contribution in [1.29, 1.82) is 0 Å². The molecule has 2 saturated carbocycles. The molecule has 1 atom stereocenters. The molecule has 0 spiro atoms. The Hall–Kier alpha value is -3.72. The number of aromatic nitrogens is 5. The molecular weight excluding hydrogens is 442 g/mol. The Balaban J connectivity index is 1.12. The molecule has 0 radical (unpaired) electrons. The van der Waals surface area contributed by atoms with Crippen LogP contribution < -0.4 is 15.4 Å². The van der Waals surface area contributed by atoms with Crippen molar-refractivity contribution in [3.8, 4) is 11.6 Å². The van der Waals surface area contributed by atoms with Crippen LogP contribution in [0.3, 0.4) is 0 Å². The Kier molecular flexibility index (Phi) is 4.66. The van der Waals surface area contributed by atoms with E-state index in [1.54, 1.807) is 17.1 Å². The lowest BCUT2D eigenvalue weighted by Gasteiger charge is -2.23. The lowest BCUT2D eigenvalue weighted by Crippen LogP contribution is -2.33. The Morgan fingerprint density at radius 1 is 1.14 bits per heavy atom. The van der Waals surface area contributed by atoms with E-state index in [0.717, 1.165) is 28.6 Å². The summed E-state index contributed by atoms with van der Waals surface area (Å²) in [6, 6.07) is 10.3. The quantitative estimate of drug-likeness (QED) is 0.438. The molecule has 0 saturated heterocycles. The molecule has 4 aromatic rings. The van der Waals surface area contributed by atoms with Gasteiger partial charge in [0.05, 0.1) is 17.3 Å². The van der Waals surface area contributed by atoms with E-state index in [9.17, 15) is 4.79 Å². The lowest BCUT2D eigenvalue weighted by molar-refractivity contribution is 0.254. The van der Waals surface area contributed by atoms with E-state index in [0.29, 0.717) is 42.0 Å². The van der Waals surface area contributed by atoms with E-state index >= 15 is 0 Å². The van der Waals surface area contributed by atoms with Crippen LogP contribution in [-0.4, -0.2) is 36.4 Å². The van der Waals surface area contributed by atoms with Crippen LogP contribution in [0.5, 0.6) is 11.6 Å². The molecule has 2 N–H and O–H groups in total. The average molecular weight is 470 g/mol. The number of hydrogen-bond donors (Lipinski definition) is 2. The van der Waals surface area contributed by atoms with Gasteiger partial charge in [-0.1, -0.05) is 0 Å². The number of fused-ring (bicyclic) bond motifs is 2. The average Bonchev–Trinajstić information content (AvgIpc) is 3.79. The number of nitrogens with one attached hydrogen (secondary N) is 2. The fraction of sp³-hybridized carbons (Fsp3) is 0.385. The molecule has 2 fully saturated rings. The maximum absolute atomic E-state index is 13.1. The highest BCUT2D eigenvalue weighted by molar-refractivity contribution is 5.98. The lowest BCUT2D eigenvalue weighted by atomic mass is 10.0. The van der Waals surface area contributed by atoms with Gasteiger partial charge in [0.25, 0.3) is 0 Å². The summed E-state index contributed by atoms with van der Waals surface area (Å²) in [6.45, 7) is 2.86. The smallest absolute Gasteiger partial charge is 0.331 e. The maximum Gasteiger partial charge on any atom is 0.331 e. The molecule has 9 heteroatoms. The first-order chi connectivity index (χ1) is 17.1. The van der Waals surface area contributed by atoms with Gasteiger partial charge in [-0.05, 0) is 63.3 Å². The third-order valence-corrected chi connectivity index (χ3v) is 7.11. The Morgan fingerprint density at radius 2 is 2.03 bits per heavy atom. The van der Waals surface area contributed by atoms with E-state index in [4.69, 9.17) is 9.84 Å². The standard InChI is InChI=1S/C26H27N7O2/c1-15-10-20-21(13-27-15)28-14-29-25(20)35-19-6-7-22-17(11-19)8-9-32(22)26(34)30-24-12-23(16-2-3-16)33(31-24)18-4-5-18/h6-9,11-12,14-16,18,27H,2-5,10,13H2,1H3,(H,30,31,34)/t15-/m0/s1. The van der Waals surface area contributed by atoms with Gasteiger partial charge in [0.1, 0.15) is 12.1 Å². The summed E-state index contributed by atoms with van der Waals surface area (Å²) < 4.78 is 9.92. The maximum atomic E-state index is 13.1. The van der Waals surface area contributed by atoms with E-state index in [-0.39, 0.29) is 6.03 Å². The van der Waals surface area contributed by atoms with E-state index in [1.165, 1.54) is 31.4 Å². The van der Waals surface area contributed by atoms with Crippen LogP contribution in [0.2, 0.25) is 0 Å². The molecule has 0 unspecified atom stereocenters. The third kappa shape index (κ3) is 3.85. The summed E-state index contributed by atoms with van der Waals surface area (Å²) in [5, 5.41) is 12.0. The summed E-state index contributed by atoms with van der Waals surface area (Å²) in [7, 11) is 0. The minimum Gasteiger partial charge on any atom is -0.439 e. The summed E-state index contributed by atoms with van der Waals surface area (Å²) in [6.07, 6.45) is 8.93. The van der Waals surface area contributed by atoms with Crippen LogP contribution in [0.15, 0.2) is 42.9 Å². The Labute approximate surface area is 202 Å². The zero-order valence-corrected chi connectivity index (χ0v) is 19.6. The van der Waals surface area contributed by atoms with E-state index in [2.05, 4.69) is 32.2 Å². The van der Waals surface area contributed by atoms with Crippen LogP contribution in [0, 0.1) is 0 Å². The van der Waals surface area contributed by atoms with E-state index < -0.39 is 0 Å². The number of carbonyl (C=O) groups is 1. The van der Waals surface area contributed by atoms with Gasteiger partial charge in [-0.3, -0.25) is 14.6 Å². The molecule has 9 nitrogen and oxygen atoms in total. The second-order valence-corrected chi connectivity index (χ2v) is 9.93. The number of nitrogens with zero attached hydrogens (tertiary/aromatic N) is 5. The van der Waals surface area contributed by atoms with Gasteiger partial charge in [0, 0.05) is 47.4 Å². The van der Waals surface area contributed by atoms with Gasteiger partial charge in [-0.2, -0.15) is 5.10 Å². The second kappa shape index (κ2) is 7.91. The van der Waals surface area contributed by atoms with Crippen LogP contribution in [0.4, 0.5) is 10.6 Å². The minimum atomic E-state index is -0.220. The van der Waals surface area contributed by atoms with Crippen molar-refractivity contribution in [2.45, 2.75) is 63.6 Å². The minimum absolute atomic E-state index is 0.220. The predicted molar refractivity (Wildman–Crippen MR) is 131 cm³/mol. The zero-order chi connectivity index (χ0) is 23.5. The highest BCUT2D eigenvalue weighted by Gasteiger charge is 2.34. The summed E-state index contributed by atoms with van der Waals surface area (Å²) in [5.74, 6) is 2.50. The second-order valence-electron chi connectivity index (χ2n) is 9.93. The van der Waals surface area contributed by atoms with Crippen molar-refractivity contribution < 1.29 is 9.53 Å². The first kappa shape index (κ1) is 20.6. The Bertz CT molecular complexity index is 1420. The number of benzene rings is 1. The number of carbonyl (C=O) groups excluding carboxylic acids is 1. The summed E-state index contributed by atoms with van der Waals surface area (Å²) in [4.78, 5) is 21.9. The van der Waals surface area contributed by atoms with Crippen molar-refractivity contribution in [2.24, 2.45) is 0 Å². The third-order valence-electron chi connectivity index (χ3n) is 7.11. The van der Waals surface area contributed by atoms with Gasteiger partial charge < -0.3 is 10.1 Å². The highest BCUT2D eigenvalue weighted by atomic mass is 16.5. The highest BCUT2D eigenvalue weighted by Crippen LogP contribution is 2.45. The van der Waals surface area contributed by atoms with Gasteiger partial charge in [-0.15, -0.1) is 0 Å². The zero-order valence-electron chi connectivity index (χ0n) is 19.6. The fourth-order valence-corrected chi connectivity index (χ4v) is 4.93. The van der Waals surface area contributed by atoms with Gasteiger partial charge >= 0.3 is 6.03 Å². The molecule has 2 aliphatic carbocycles. The van der Waals surface area contributed by atoms with Gasteiger partial charge in [-0.25, -0.2) is 14.8 Å². The van der Waals surface area contributed by atoms with Crippen LogP contribution >= 0.6 is 0 Å². The van der Waals surface area contributed by atoms with Crippen molar-refractivity contribution >= 4 is 22.8 Å². The number of amides is 1. The van der Waals surface area contributed by atoms with Crippen molar-refractivity contribution in [2.75, 3.05) is 5.32 Å². The van der Waals surface area contributed by atoms with Crippen molar-refractivity contribution in [1.82, 2.24) is 29.6 Å². The van der Waals surface area contributed by atoms with Crippen LogP contribution in [0.25, 0.3) is 10.9 Å².